The molecule has 0 bridgehead atoms. The van der Waals surface area contributed by atoms with E-state index in [1.54, 1.807) is 0 Å². The lowest BCUT2D eigenvalue weighted by atomic mass is 10.2. The molecule has 2 rings (SSSR count). The summed E-state index contributed by atoms with van der Waals surface area (Å²) in [7, 11) is 2.12. The van der Waals surface area contributed by atoms with E-state index in [1.807, 2.05) is 0 Å². The van der Waals surface area contributed by atoms with Crippen molar-refractivity contribution < 1.29 is 4.74 Å². The smallest absolute Gasteiger partial charge is 0.188 e. The van der Waals surface area contributed by atoms with Crippen LogP contribution >= 0.6 is 24.0 Å². The number of nitrogens with one attached hydrogen (secondary N) is 1. The van der Waals surface area contributed by atoms with Crippen molar-refractivity contribution in [1.82, 2.24) is 15.1 Å². The average Bonchev–Trinajstić information content (AvgIpc) is 2.90. The van der Waals surface area contributed by atoms with Crippen molar-refractivity contribution in [3.8, 4) is 0 Å². The van der Waals surface area contributed by atoms with Gasteiger partial charge >= 0.3 is 0 Å². The summed E-state index contributed by atoms with van der Waals surface area (Å²) in [4.78, 5) is 9.24. The summed E-state index contributed by atoms with van der Waals surface area (Å²) in [6.07, 6.45) is 2.73. The number of hydrogen-bond donors (Lipinski definition) is 2. The Hall–Kier alpha value is -0.120. The highest BCUT2D eigenvalue weighted by atomic mass is 127. The van der Waals surface area contributed by atoms with Gasteiger partial charge in [0.15, 0.2) is 5.96 Å². The Morgan fingerprint density at radius 3 is 2.95 bits per heavy atom. The Labute approximate surface area is 145 Å². The van der Waals surface area contributed by atoms with Crippen LogP contribution in [-0.4, -0.2) is 80.8 Å². The zero-order chi connectivity index (χ0) is 14.4. The van der Waals surface area contributed by atoms with Crippen molar-refractivity contribution >= 4 is 29.9 Å². The minimum atomic E-state index is 0. The summed E-state index contributed by atoms with van der Waals surface area (Å²) in [5.74, 6) is 0.546. The second kappa shape index (κ2) is 9.81. The standard InChI is InChI=1S/C14H29N5O.HI/c1-3-19-6-4-5-12(19)9-16-14(15)17-10-13-11-18(2)7-8-20-13;/h12-13H,3-11H2,1-2H3,(H3,15,16,17);1H. The molecule has 0 radical (unpaired) electrons. The number of nitrogens with two attached hydrogens (primary N) is 1. The molecule has 0 spiro atoms. The lowest BCUT2D eigenvalue weighted by Crippen LogP contribution is -2.47. The van der Waals surface area contributed by atoms with Crippen molar-refractivity contribution in [2.45, 2.75) is 31.9 Å². The van der Waals surface area contributed by atoms with Gasteiger partial charge in [-0.1, -0.05) is 6.92 Å². The van der Waals surface area contributed by atoms with Gasteiger partial charge in [0.05, 0.1) is 19.3 Å². The van der Waals surface area contributed by atoms with Crippen LogP contribution in [0.5, 0.6) is 0 Å². The predicted molar refractivity (Wildman–Crippen MR) is 97.4 cm³/mol. The average molecular weight is 411 g/mol. The van der Waals surface area contributed by atoms with Gasteiger partial charge in [-0.05, 0) is 33.0 Å². The van der Waals surface area contributed by atoms with Gasteiger partial charge < -0.3 is 20.7 Å². The van der Waals surface area contributed by atoms with Crippen LogP contribution in [0.1, 0.15) is 19.8 Å². The SMILES string of the molecule is CCN1CCCC1CN=C(N)NCC1CN(C)CCO1.I. The molecule has 2 atom stereocenters. The zero-order valence-corrected chi connectivity index (χ0v) is 15.6. The Kier molecular flexibility index (Phi) is 8.84. The molecule has 21 heavy (non-hydrogen) atoms. The number of aliphatic imine (C=N–C) groups is 1. The molecule has 0 aromatic rings. The van der Waals surface area contributed by atoms with E-state index < -0.39 is 0 Å². The summed E-state index contributed by atoms with van der Waals surface area (Å²) in [5.41, 5.74) is 5.94. The monoisotopic (exact) mass is 411 g/mol. The number of rotatable bonds is 5. The van der Waals surface area contributed by atoms with Crippen LogP contribution in [0.3, 0.4) is 0 Å². The van der Waals surface area contributed by atoms with E-state index in [-0.39, 0.29) is 30.1 Å². The first-order valence-corrected chi connectivity index (χ1v) is 7.77. The molecule has 2 aliphatic rings. The number of halogens is 1. The molecule has 0 amide bonds. The summed E-state index contributed by atoms with van der Waals surface area (Å²) < 4.78 is 5.69. The first-order valence-electron chi connectivity index (χ1n) is 7.77. The van der Waals surface area contributed by atoms with E-state index in [9.17, 15) is 0 Å². The normalized spacial score (nSPS) is 28.4. The molecule has 124 valence electrons. The van der Waals surface area contributed by atoms with Crippen LogP contribution in [0.25, 0.3) is 0 Å². The topological polar surface area (TPSA) is 66.1 Å². The maximum absolute atomic E-state index is 5.94. The second-order valence-corrected chi connectivity index (χ2v) is 5.79. The fraction of sp³-hybridized carbons (Fsp3) is 0.929. The number of ether oxygens (including phenoxy) is 1. The largest absolute Gasteiger partial charge is 0.374 e. The first kappa shape index (κ1) is 18.9. The van der Waals surface area contributed by atoms with E-state index in [1.165, 1.54) is 19.4 Å². The lowest BCUT2D eigenvalue weighted by Gasteiger charge is -2.30. The van der Waals surface area contributed by atoms with E-state index in [0.29, 0.717) is 12.0 Å². The van der Waals surface area contributed by atoms with Gasteiger partial charge in [0, 0.05) is 25.7 Å². The van der Waals surface area contributed by atoms with E-state index >= 15 is 0 Å². The second-order valence-electron chi connectivity index (χ2n) is 5.79. The third-order valence-corrected chi connectivity index (χ3v) is 4.23. The van der Waals surface area contributed by atoms with E-state index in [0.717, 1.165) is 39.3 Å². The zero-order valence-electron chi connectivity index (χ0n) is 13.3. The first-order chi connectivity index (χ1) is 9.69. The number of morpholine rings is 1. The van der Waals surface area contributed by atoms with Gasteiger partial charge in [0.2, 0.25) is 0 Å². The Balaban J connectivity index is 0.00000220. The minimum Gasteiger partial charge on any atom is -0.374 e. The van der Waals surface area contributed by atoms with Gasteiger partial charge in [-0.3, -0.25) is 9.89 Å². The Bertz CT molecular complexity index is 328. The van der Waals surface area contributed by atoms with Crippen molar-refractivity contribution in [3.05, 3.63) is 0 Å². The van der Waals surface area contributed by atoms with Gasteiger partial charge in [-0.25, -0.2) is 0 Å². The maximum atomic E-state index is 5.94. The molecule has 0 aromatic heterocycles. The molecule has 7 heteroatoms. The number of guanidine groups is 1. The summed E-state index contributed by atoms with van der Waals surface area (Å²) in [6, 6.07) is 0.567. The highest BCUT2D eigenvalue weighted by Gasteiger charge is 2.22. The third kappa shape index (κ3) is 6.25. The molecule has 2 fully saturated rings. The molecular weight excluding hydrogens is 381 g/mol. The van der Waals surface area contributed by atoms with Crippen LogP contribution in [0.15, 0.2) is 4.99 Å². The Morgan fingerprint density at radius 1 is 1.43 bits per heavy atom. The van der Waals surface area contributed by atoms with Crippen LogP contribution in [0, 0.1) is 0 Å². The predicted octanol–water partition coefficient (Wildman–Crippen LogP) is 0.324. The third-order valence-electron chi connectivity index (χ3n) is 4.23. The van der Waals surface area contributed by atoms with Gasteiger partial charge in [-0.15, -0.1) is 24.0 Å². The Morgan fingerprint density at radius 2 is 2.24 bits per heavy atom. The van der Waals surface area contributed by atoms with Crippen molar-refractivity contribution in [2.75, 3.05) is 52.9 Å². The van der Waals surface area contributed by atoms with Crippen molar-refractivity contribution in [2.24, 2.45) is 10.7 Å². The van der Waals surface area contributed by atoms with E-state index in [2.05, 4.69) is 34.1 Å². The van der Waals surface area contributed by atoms with E-state index in [4.69, 9.17) is 10.5 Å². The molecule has 2 saturated heterocycles. The molecule has 0 saturated carbocycles. The molecule has 2 unspecified atom stereocenters. The summed E-state index contributed by atoms with van der Waals surface area (Å²) >= 11 is 0. The highest BCUT2D eigenvalue weighted by Crippen LogP contribution is 2.16. The summed E-state index contributed by atoms with van der Waals surface area (Å²) in [5, 5.41) is 3.19. The van der Waals surface area contributed by atoms with Crippen LogP contribution in [-0.2, 0) is 4.74 Å². The quantitative estimate of drug-likeness (QED) is 0.388. The van der Waals surface area contributed by atoms with Crippen LogP contribution in [0.2, 0.25) is 0 Å². The van der Waals surface area contributed by atoms with Crippen LogP contribution in [0.4, 0.5) is 0 Å². The van der Waals surface area contributed by atoms with Crippen molar-refractivity contribution in [1.29, 1.82) is 0 Å². The highest BCUT2D eigenvalue weighted by molar-refractivity contribution is 14.0. The fourth-order valence-electron chi connectivity index (χ4n) is 2.99. The lowest BCUT2D eigenvalue weighted by molar-refractivity contribution is -0.0160. The molecule has 3 N–H and O–H groups in total. The number of likely N-dealkylation sites (tertiary alicyclic amines) is 1. The molecule has 6 nitrogen and oxygen atoms in total. The molecule has 2 heterocycles. The molecule has 2 aliphatic heterocycles. The molecular formula is C14H30IN5O. The number of nitrogens with zero attached hydrogens (tertiary/aromatic N) is 3. The van der Waals surface area contributed by atoms with Crippen LogP contribution < -0.4 is 11.1 Å². The van der Waals surface area contributed by atoms with Gasteiger partial charge in [0.25, 0.3) is 0 Å². The number of likely N-dealkylation sites (N-methyl/N-ethyl adjacent to an activating group) is 2. The van der Waals surface area contributed by atoms with Gasteiger partial charge in [0.1, 0.15) is 0 Å². The molecule has 0 aliphatic carbocycles. The maximum Gasteiger partial charge on any atom is 0.188 e. The van der Waals surface area contributed by atoms with Crippen molar-refractivity contribution in [3.63, 3.8) is 0 Å². The number of hydrogen-bond acceptors (Lipinski definition) is 4. The minimum absolute atomic E-state index is 0. The summed E-state index contributed by atoms with van der Waals surface area (Å²) in [6.45, 7) is 8.82. The fourth-order valence-corrected chi connectivity index (χ4v) is 2.99. The van der Waals surface area contributed by atoms with Gasteiger partial charge in [-0.2, -0.15) is 0 Å². The molecule has 0 aromatic carbocycles.